The first-order valence-corrected chi connectivity index (χ1v) is 6.87. The van der Waals surface area contributed by atoms with Crippen molar-refractivity contribution in [1.82, 2.24) is 14.2 Å². The summed E-state index contributed by atoms with van der Waals surface area (Å²) >= 11 is 0. The molecular weight excluding hydrogens is 258 g/mol. The molecule has 2 heterocycles. The molecule has 6 nitrogen and oxygen atoms in total. The van der Waals surface area contributed by atoms with E-state index in [-0.39, 0.29) is 18.5 Å². The molecule has 6 heteroatoms. The zero-order valence-corrected chi connectivity index (χ0v) is 11.4. The number of fused-ring (bicyclic) bond motifs is 3. The molecular formula is C14H17N3O3. The van der Waals surface area contributed by atoms with Crippen LogP contribution in [0.15, 0.2) is 17.2 Å². The topological polar surface area (TPSA) is 76.6 Å². The standard InChI is InChI=1S/C14H17N3O3/c1-9-2-3-11-10(8-9)13-14(20)16(5-4-12(18)19)6-7-17(13)15-11/h6-7,9H,2-5,8H2,1H3,(H,18,19). The van der Waals surface area contributed by atoms with Crippen LogP contribution in [0.5, 0.6) is 0 Å². The highest BCUT2D eigenvalue weighted by Crippen LogP contribution is 2.26. The number of aryl methyl sites for hydroxylation is 2. The summed E-state index contributed by atoms with van der Waals surface area (Å²) in [7, 11) is 0. The van der Waals surface area contributed by atoms with Gasteiger partial charge in [-0.2, -0.15) is 5.10 Å². The number of rotatable bonds is 3. The normalized spacial score (nSPS) is 18.1. The van der Waals surface area contributed by atoms with Crippen LogP contribution in [0, 0.1) is 5.92 Å². The van der Waals surface area contributed by atoms with Crippen LogP contribution in [0.4, 0.5) is 0 Å². The Morgan fingerprint density at radius 2 is 2.30 bits per heavy atom. The summed E-state index contributed by atoms with van der Waals surface area (Å²) < 4.78 is 3.10. The smallest absolute Gasteiger partial charge is 0.305 e. The highest BCUT2D eigenvalue weighted by molar-refractivity contribution is 5.66. The first-order valence-electron chi connectivity index (χ1n) is 6.87. The average molecular weight is 275 g/mol. The number of carboxylic acids is 1. The fraction of sp³-hybridized carbons (Fsp3) is 0.500. The number of carbonyl (C=O) groups is 1. The first kappa shape index (κ1) is 12.9. The van der Waals surface area contributed by atoms with Gasteiger partial charge in [-0.1, -0.05) is 6.92 Å². The van der Waals surface area contributed by atoms with Crippen LogP contribution < -0.4 is 5.56 Å². The number of hydrogen-bond donors (Lipinski definition) is 1. The SMILES string of the molecule is CC1CCc2nn3ccn(CCC(=O)O)c(=O)c3c2C1. The molecule has 20 heavy (non-hydrogen) atoms. The van der Waals surface area contributed by atoms with Gasteiger partial charge in [-0.25, -0.2) is 4.52 Å². The van der Waals surface area contributed by atoms with Gasteiger partial charge in [0, 0.05) is 24.5 Å². The van der Waals surface area contributed by atoms with Gasteiger partial charge in [0.05, 0.1) is 12.1 Å². The third-order valence-corrected chi connectivity index (χ3v) is 3.94. The van der Waals surface area contributed by atoms with Crippen molar-refractivity contribution in [2.75, 3.05) is 0 Å². The van der Waals surface area contributed by atoms with Gasteiger partial charge in [0.2, 0.25) is 0 Å². The molecule has 3 rings (SSSR count). The van der Waals surface area contributed by atoms with Gasteiger partial charge in [-0.15, -0.1) is 0 Å². The van der Waals surface area contributed by atoms with Crippen LogP contribution in [-0.2, 0) is 24.2 Å². The van der Waals surface area contributed by atoms with Gasteiger partial charge < -0.3 is 9.67 Å². The molecule has 0 aliphatic heterocycles. The molecule has 2 aromatic rings. The van der Waals surface area contributed by atoms with Gasteiger partial charge in [0.15, 0.2) is 0 Å². The van der Waals surface area contributed by atoms with Crippen molar-refractivity contribution in [1.29, 1.82) is 0 Å². The van der Waals surface area contributed by atoms with Gasteiger partial charge in [-0.05, 0) is 25.2 Å². The lowest BCUT2D eigenvalue weighted by molar-refractivity contribution is -0.137. The quantitative estimate of drug-likeness (QED) is 0.910. The number of nitrogens with zero attached hydrogens (tertiary/aromatic N) is 3. The maximum atomic E-state index is 12.5. The largest absolute Gasteiger partial charge is 0.481 e. The molecule has 0 saturated carbocycles. The summed E-state index contributed by atoms with van der Waals surface area (Å²) in [4.78, 5) is 23.1. The van der Waals surface area contributed by atoms with Crippen LogP contribution in [-0.4, -0.2) is 25.3 Å². The predicted molar refractivity (Wildman–Crippen MR) is 72.9 cm³/mol. The van der Waals surface area contributed by atoms with E-state index in [0.29, 0.717) is 11.4 Å². The summed E-state index contributed by atoms with van der Waals surface area (Å²) in [6.45, 7) is 2.37. The number of hydrogen-bond acceptors (Lipinski definition) is 3. The lowest BCUT2D eigenvalue weighted by Crippen LogP contribution is -2.23. The number of aromatic nitrogens is 3. The molecule has 0 fully saturated rings. The zero-order valence-electron chi connectivity index (χ0n) is 11.4. The lowest BCUT2D eigenvalue weighted by Gasteiger charge is -2.16. The monoisotopic (exact) mass is 275 g/mol. The molecule has 1 atom stereocenters. The summed E-state index contributed by atoms with van der Waals surface area (Å²) in [5, 5.41) is 13.2. The second-order valence-corrected chi connectivity index (χ2v) is 5.51. The Hall–Kier alpha value is -2.11. The highest BCUT2D eigenvalue weighted by Gasteiger charge is 2.23. The van der Waals surface area contributed by atoms with Crippen LogP contribution in [0.2, 0.25) is 0 Å². The molecule has 0 radical (unpaired) electrons. The molecule has 0 saturated heterocycles. The fourth-order valence-corrected chi connectivity index (χ4v) is 2.84. The van der Waals surface area contributed by atoms with E-state index in [4.69, 9.17) is 5.11 Å². The Labute approximate surface area is 115 Å². The van der Waals surface area contributed by atoms with Crippen molar-refractivity contribution in [3.05, 3.63) is 34.0 Å². The molecule has 0 amide bonds. The highest BCUT2D eigenvalue weighted by atomic mass is 16.4. The molecule has 106 valence electrons. The Bertz CT molecular complexity index is 729. The summed E-state index contributed by atoms with van der Waals surface area (Å²) in [6.07, 6.45) is 6.18. The van der Waals surface area contributed by atoms with Gasteiger partial charge in [0.1, 0.15) is 5.52 Å². The van der Waals surface area contributed by atoms with Crippen molar-refractivity contribution in [3.63, 3.8) is 0 Å². The van der Waals surface area contributed by atoms with Crippen LogP contribution in [0.1, 0.15) is 31.0 Å². The minimum atomic E-state index is -0.902. The zero-order chi connectivity index (χ0) is 14.3. The molecule has 1 aliphatic carbocycles. The third-order valence-electron chi connectivity index (χ3n) is 3.94. The number of carboxylic acid groups (broad SMARTS) is 1. The van der Waals surface area contributed by atoms with E-state index in [1.165, 1.54) is 4.57 Å². The maximum absolute atomic E-state index is 12.5. The van der Waals surface area contributed by atoms with E-state index in [1.807, 2.05) is 0 Å². The Kier molecular flexibility index (Phi) is 3.08. The van der Waals surface area contributed by atoms with Crippen molar-refractivity contribution < 1.29 is 9.90 Å². The van der Waals surface area contributed by atoms with Crippen LogP contribution in [0.3, 0.4) is 0 Å². The Balaban J connectivity index is 2.09. The second-order valence-electron chi connectivity index (χ2n) is 5.51. The molecule has 0 aromatic carbocycles. The molecule has 0 spiro atoms. The van der Waals surface area contributed by atoms with E-state index in [2.05, 4.69) is 12.0 Å². The van der Waals surface area contributed by atoms with E-state index >= 15 is 0 Å². The van der Waals surface area contributed by atoms with Crippen LogP contribution >= 0.6 is 0 Å². The Morgan fingerprint density at radius 1 is 1.50 bits per heavy atom. The van der Waals surface area contributed by atoms with Gasteiger partial charge in [-0.3, -0.25) is 9.59 Å². The molecule has 1 unspecified atom stereocenters. The van der Waals surface area contributed by atoms with Crippen molar-refractivity contribution in [2.24, 2.45) is 5.92 Å². The van der Waals surface area contributed by atoms with Crippen molar-refractivity contribution in [3.8, 4) is 0 Å². The summed E-state index contributed by atoms with van der Waals surface area (Å²) in [5.74, 6) is -0.344. The Morgan fingerprint density at radius 3 is 3.05 bits per heavy atom. The molecule has 1 aliphatic rings. The van der Waals surface area contributed by atoms with Crippen LogP contribution in [0.25, 0.3) is 5.52 Å². The predicted octanol–water partition coefficient (Wildman–Crippen LogP) is 1.10. The molecule has 2 aromatic heterocycles. The van der Waals surface area contributed by atoms with Gasteiger partial charge >= 0.3 is 5.97 Å². The first-order chi connectivity index (χ1) is 9.56. The summed E-state index contributed by atoms with van der Waals surface area (Å²) in [6, 6.07) is 0. The van der Waals surface area contributed by atoms with E-state index in [9.17, 15) is 9.59 Å². The minimum Gasteiger partial charge on any atom is -0.481 e. The van der Waals surface area contributed by atoms with Crippen molar-refractivity contribution >= 4 is 11.5 Å². The number of aliphatic carboxylic acids is 1. The second kappa shape index (κ2) is 4.77. The van der Waals surface area contributed by atoms with Crippen molar-refractivity contribution in [2.45, 2.75) is 39.2 Å². The van der Waals surface area contributed by atoms with E-state index in [0.717, 1.165) is 30.5 Å². The molecule has 1 N–H and O–H groups in total. The summed E-state index contributed by atoms with van der Waals surface area (Å²) in [5.41, 5.74) is 2.52. The van der Waals surface area contributed by atoms with E-state index < -0.39 is 5.97 Å². The lowest BCUT2D eigenvalue weighted by atomic mass is 9.88. The fourth-order valence-electron chi connectivity index (χ4n) is 2.84. The average Bonchev–Trinajstić information content (AvgIpc) is 2.76. The third kappa shape index (κ3) is 2.11. The maximum Gasteiger partial charge on any atom is 0.305 e. The van der Waals surface area contributed by atoms with E-state index in [1.54, 1.807) is 16.9 Å². The minimum absolute atomic E-state index is 0.0528. The molecule has 0 bridgehead atoms. The van der Waals surface area contributed by atoms with Gasteiger partial charge in [0.25, 0.3) is 5.56 Å².